The Morgan fingerprint density at radius 3 is 1.75 bits per heavy atom. The number of nitrogens with two attached hydrogens (primary N) is 1. The van der Waals surface area contributed by atoms with Crippen LogP contribution in [0.25, 0.3) is 0 Å². The number of hydrogen-bond acceptors (Lipinski definition) is 2. The molecule has 0 fully saturated rings. The van der Waals surface area contributed by atoms with Crippen molar-refractivity contribution in [2.24, 2.45) is 29.4 Å². The van der Waals surface area contributed by atoms with E-state index in [1.165, 1.54) is 0 Å². The number of carbonyl (C=O) groups is 1. The molecule has 0 aliphatic heterocycles. The highest BCUT2D eigenvalue weighted by Crippen LogP contribution is 2.37. The second-order valence-corrected chi connectivity index (χ2v) is 7.24. The molecular weight excluding hydrogens is 248 g/mol. The molecule has 120 valence electrons. The number of nitrogens with one attached hydrogen (secondary N) is 1. The zero-order chi connectivity index (χ0) is 16.1. The predicted molar refractivity (Wildman–Crippen MR) is 87.4 cm³/mol. The molecule has 3 N–H and O–H groups in total. The highest BCUT2D eigenvalue weighted by atomic mass is 16.1. The molecule has 1 amide bonds. The predicted octanol–water partition coefficient (Wildman–Crippen LogP) is 3.57. The van der Waals surface area contributed by atoms with Crippen LogP contribution in [0.5, 0.6) is 0 Å². The second-order valence-electron chi connectivity index (χ2n) is 7.24. The zero-order valence-corrected chi connectivity index (χ0v) is 14.8. The van der Waals surface area contributed by atoms with E-state index in [2.05, 4.69) is 60.7 Å². The molecule has 0 aromatic carbocycles. The van der Waals surface area contributed by atoms with Gasteiger partial charge >= 0.3 is 0 Å². The summed E-state index contributed by atoms with van der Waals surface area (Å²) in [5.41, 5.74) is 5.26. The van der Waals surface area contributed by atoms with E-state index in [0.717, 1.165) is 12.8 Å². The van der Waals surface area contributed by atoms with Crippen molar-refractivity contribution in [3.63, 3.8) is 0 Å². The molecule has 2 unspecified atom stereocenters. The normalized spacial score (nSPS) is 17.0. The van der Waals surface area contributed by atoms with E-state index in [1.807, 2.05) is 0 Å². The van der Waals surface area contributed by atoms with Crippen LogP contribution in [0, 0.1) is 23.7 Å². The van der Waals surface area contributed by atoms with Crippen molar-refractivity contribution in [1.82, 2.24) is 5.32 Å². The minimum atomic E-state index is -0.628. The Morgan fingerprint density at radius 1 is 1.05 bits per heavy atom. The Bertz CT molecular complexity index is 291. The fraction of sp³-hybridized carbons (Fsp3) is 0.941. The molecule has 0 saturated carbocycles. The molecule has 0 aliphatic rings. The molecular formula is C17H36N2O. The monoisotopic (exact) mass is 284 g/mol. The topological polar surface area (TPSA) is 55.1 Å². The summed E-state index contributed by atoms with van der Waals surface area (Å²) in [6.07, 6.45) is 2.17. The lowest BCUT2D eigenvalue weighted by Gasteiger charge is -2.48. The Morgan fingerprint density at radius 2 is 1.50 bits per heavy atom. The van der Waals surface area contributed by atoms with Crippen LogP contribution in [0.15, 0.2) is 0 Å². The highest BCUT2D eigenvalue weighted by molar-refractivity contribution is 5.85. The van der Waals surface area contributed by atoms with Gasteiger partial charge in [0.2, 0.25) is 5.91 Å². The van der Waals surface area contributed by atoms with Gasteiger partial charge in [0.25, 0.3) is 0 Å². The van der Waals surface area contributed by atoms with Gasteiger partial charge in [-0.15, -0.1) is 0 Å². The fourth-order valence-corrected chi connectivity index (χ4v) is 3.90. The van der Waals surface area contributed by atoms with Gasteiger partial charge in [-0.05, 0) is 37.0 Å². The van der Waals surface area contributed by atoms with Crippen LogP contribution in [-0.4, -0.2) is 17.5 Å². The summed E-state index contributed by atoms with van der Waals surface area (Å²) < 4.78 is 0. The second kappa shape index (κ2) is 8.02. The Balaban J connectivity index is 5.69. The molecule has 0 spiro atoms. The quantitative estimate of drug-likeness (QED) is 0.680. The fourth-order valence-electron chi connectivity index (χ4n) is 3.90. The summed E-state index contributed by atoms with van der Waals surface area (Å²) in [7, 11) is 0. The Hall–Kier alpha value is -0.570. The molecule has 20 heavy (non-hydrogen) atoms. The van der Waals surface area contributed by atoms with Gasteiger partial charge in [-0.3, -0.25) is 4.79 Å². The zero-order valence-electron chi connectivity index (χ0n) is 14.8. The molecule has 0 aliphatic carbocycles. The smallest absolute Gasteiger partial charge is 0.238 e. The van der Waals surface area contributed by atoms with E-state index in [9.17, 15) is 4.79 Å². The highest BCUT2D eigenvalue weighted by Gasteiger charge is 2.49. The van der Waals surface area contributed by atoms with Crippen LogP contribution in [0.3, 0.4) is 0 Å². The van der Waals surface area contributed by atoms with E-state index in [1.54, 1.807) is 0 Å². The number of hydrogen-bond donors (Lipinski definition) is 2. The van der Waals surface area contributed by atoms with Crippen molar-refractivity contribution < 1.29 is 4.79 Å². The summed E-state index contributed by atoms with van der Waals surface area (Å²) in [4.78, 5) is 12.4. The third-order valence-corrected chi connectivity index (χ3v) is 4.49. The maximum atomic E-state index is 12.4. The van der Waals surface area contributed by atoms with Gasteiger partial charge in [0.15, 0.2) is 0 Å². The first kappa shape index (κ1) is 19.4. The first-order chi connectivity index (χ1) is 9.11. The van der Waals surface area contributed by atoms with E-state index < -0.39 is 5.54 Å². The molecule has 3 heteroatoms. The van der Waals surface area contributed by atoms with E-state index in [0.29, 0.717) is 17.9 Å². The number of amides is 1. The number of carbonyl (C=O) groups excluding carboxylic acids is 1. The SMILES string of the molecule is CCCC(C)NC(C(N)=O)(C(C)C)C(C(C)C)C(C)C. The molecule has 0 rings (SSSR count). The van der Waals surface area contributed by atoms with Crippen molar-refractivity contribution in [3.8, 4) is 0 Å². The third-order valence-electron chi connectivity index (χ3n) is 4.49. The molecule has 0 saturated heterocycles. The lowest BCUT2D eigenvalue weighted by molar-refractivity contribution is -0.132. The summed E-state index contributed by atoms with van der Waals surface area (Å²) in [5, 5.41) is 3.62. The average molecular weight is 284 g/mol. The van der Waals surface area contributed by atoms with Gasteiger partial charge in [0.1, 0.15) is 5.54 Å². The molecule has 0 aromatic rings. The van der Waals surface area contributed by atoms with Crippen LogP contribution in [0.2, 0.25) is 0 Å². The molecule has 0 radical (unpaired) electrons. The molecule has 2 atom stereocenters. The van der Waals surface area contributed by atoms with Gasteiger partial charge < -0.3 is 11.1 Å². The van der Waals surface area contributed by atoms with Crippen molar-refractivity contribution in [1.29, 1.82) is 0 Å². The summed E-state index contributed by atoms with van der Waals surface area (Å²) in [6.45, 7) is 17.3. The van der Waals surface area contributed by atoms with Crippen LogP contribution in [-0.2, 0) is 4.79 Å². The van der Waals surface area contributed by atoms with Gasteiger partial charge in [0, 0.05) is 6.04 Å². The lowest BCUT2D eigenvalue weighted by Crippen LogP contribution is -2.67. The van der Waals surface area contributed by atoms with Crippen molar-refractivity contribution in [2.45, 2.75) is 79.8 Å². The first-order valence-corrected chi connectivity index (χ1v) is 8.18. The lowest BCUT2D eigenvalue weighted by atomic mass is 9.65. The Labute approximate surface area is 126 Å². The molecule has 0 aromatic heterocycles. The molecule has 0 bridgehead atoms. The van der Waals surface area contributed by atoms with E-state index in [-0.39, 0.29) is 17.7 Å². The Kier molecular flexibility index (Phi) is 7.79. The maximum Gasteiger partial charge on any atom is 0.238 e. The minimum absolute atomic E-state index is 0.175. The average Bonchev–Trinajstić information content (AvgIpc) is 2.26. The van der Waals surface area contributed by atoms with E-state index in [4.69, 9.17) is 5.73 Å². The van der Waals surface area contributed by atoms with E-state index >= 15 is 0 Å². The summed E-state index contributed by atoms with van der Waals surface area (Å²) in [5.74, 6) is 1.02. The van der Waals surface area contributed by atoms with Crippen molar-refractivity contribution in [3.05, 3.63) is 0 Å². The van der Waals surface area contributed by atoms with Gasteiger partial charge in [-0.1, -0.05) is 54.9 Å². The maximum absolute atomic E-state index is 12.4. The van der Waals surface area contributed by atoms with Gasteiger partial charge in [-0.2, -0.15) is 0 Å². The van der Waals surface area contributed by atoms with Crippen molar-refractivity contribution in [2.75, 3.05) is 0 Å². The van der Waals surface area contributed by atoms with Crippen LogP contribution in [0.4, 0.5) is 0 Å². The van der Waals surface area contributed by atoms with Crippen LogP contribution < -0.4 is 11.1 Å². The van der Waals surface area contributed by atoms with Gasteiger partial charge in [-0.25, -0.2) is 0 Å². The first-order valence-electron chi connectivity index (χ1n) is 8.18. The molecule has 3 nitrogen and oxygen atoms in total. The number of primary amides is 1. The van der Waals surface area contributed by atoms with Crippen LogP contribution in [0.1, 0.15) is 68.2 Å². The molecule has 0 heterocycles. The van der Waals surface area contributed by atoms with Crippen LogP contribution >= 0.6 is 0 Å². The minimum Gasteiger partial charge on any atom is -0.368 e. The van der Waals surface area contributed by atoms with Gasteiger partial charge in [0.05, 0.1) is 0 Å². The third kappa shape index (κ3) is 4.21. The summed E-state index contributed by atoms with van der Waals surface area (Å²) in [6, 6.07) is 0.301. The number of rotatable bonds is 9. The van der Waals surface area contributed by atoms with Crippen molar-refractivity contribution >= 4 is 5.91 Å². The summed E-state index contributed by atoms with van der Waals surface area (Å²) >= 11 is 0. The largest absolute Gasteiger partial charge is 0.368 e. The standard InChI is InChI=1S/C17H36N2O/c1-9-10-14(8)19-17(13(6)7,16(18)20)15(11(2)3)12(4)5/h11-15,19H,9-10H2,1-8H3,(H2,18,20).